The van der Waals surface area contributed by atoms with Crippen molar-refractivity contribution in [1.82, 2.24) is 10.2 Å². The zero-order valence-corrected chi connectivity index (χ0v) is 16.3. The minimum Gasteiger partial charge on any atom is -0.386 e. The molecule has 6 nitrogen and oxygen atoms in total. The van der Waals surface area contributed by atoms with E-state index < -0.39 is 0 Å². The van der Waals surface area contributed by atoms with Gasteiger partial charge in [-0.1, -0.05) is 35.2 Å². The van der Waals surface area contributed by atoms with Gasteiger partial charge in [-0.3, -0.25) is 0 Å². The molecule has 136 valence electrons. The fourth-order valence-corrected chi connectivity index (χ4v) is 4.46. The van der Waals surface area contributed by atoms with Gasteiger partial charge >= 0.3 is 0 Å². The second kappa shape index (κ2) is 8.95. The number of morpholine rings is 1. The number of aryl methyl sites for hydroxylation is 1. The first-order valence-electron chi connectivity index (χ1n) is 8.50. The Morgan fingerprint density at radius 2 is 2.12 bits per heavy atom. The van der Waals surface area contributed by atoms with Crippen LogP contribution in [0.1, 0.15) is 11.1 Å². The average Bonchev–Trinajstić information content (AvgIpc) is 3.06. The minimum absolute atomic E-state index is 0.336. The van der Waals surface area contributed by atoms with E-state index in [0.29, 0.717) is 5.75 Å². The molecule has 0 spiro atoms. The lowest BCUT2D eigenvalue weighted by Crippen LogP contribution is -3.15. The van der Waals surface area contributed by atoms with Crippen LogP contribution >= 0.6 is 23.1 Å². The molecule has 1 aromatic heterocycles. The van der Waals surface area contributed by atoms with Gasteiger partial charge in [0.05, 0.1) is 13.2 Å². The van der Waals surface area contributed by atoms with Gasteiger partial charge in [0, 0.05) is 11.4 Å². The topological polar surface area (TPSA) is 71.7 Å². The molecule has 1 aliphatic rings. The van der Waals surface area contributed by atoms with Crippen LogP contribution in [0.15, 0.2) is 22.5 Å². The lowest BCUT2D eigenvalue weighted by atomic mass is 10.1. The first kappa shape index (κ1) is 18.6. The van der Waals surface area contributed by atoms with E-state index in [4.69, 9.17) is 4.74 Å². The van der Waals surface area contributed by atoms with E-state index in [1.54, 1.807) is 11.8 Å². The highest BCUT2D eigenvalue weighted by Crippen LogP contribution is 2.29. The normalized spacial score (nSPS) is 16.8. The van der Waals surface area contributed by atoms with Crippen molar-refractivity contribution in [1.29, 1.82) is 0 Å². The van der Waals surface area contributed by atoms with Crippen LogP contribution in [0.2, 0.25) is 0 Å². The van der Waals surface area contributed by atoms with Crippen LogP contribution in [0.25, 0.3) is 0 Å². The number of aromatic nitrogens is 2. The minimum atomic E-state index is -0.336. The van der Waals surface area contributed by atoms with Crippen molar-refractivity contribution in [3.63, 3.8) is 0 Å². The molecule has 0 unspecified atom stereocenters. The summed E-state index contributed by atoms with van der Waals surface area (Å²) in [6.07, 6.45) is -0.336. The number of aliphatic hydroxyl groups excluding tert-OH is 1. The SMILES string of the molecule is Cc1cccc(Nc2nnc(SC[C@H](O)C[NH+]3CCOCC3)s2)c1C. The third-order valence-electron chi connectivity index (χ3n) is 4.38. The Morgan fingerprint density at radius 1 is 1.32 bits per heavy atom. The molecule has 8 heteroatoms. The predicted molar refractivity (Wildman–Crippen MR) is 102 cm³/mol. The molecule has 25 heavy (non-hydrogen) atoms. The molecule has 1 fully saturated rings. The Balaban J connectivity index is 1.49. The summed E-state index contributed by atoms with van der Waals surface area (Å²) in [6, 6.07) is 6.18. The molecule has 1 aliphatic heterocycles. The molecule has 1 saturated heterocycles. The fourth-order valence-electron chi connectivity index (χ4n) is 2.74. The van der Waals surface area contributed by atoms with E-state index in [2.05, 4.69) is 35.4 Å². The number of hydrogen-bond donors (Lipinski definition) is 3. The van der Waals surface area contributed by atoms with Gasteiger partial charge in [0.25, 0.3) is 0 Å². The van der Waals surface area contributed by atoms with Gasteiger partial charge < -0.3 is 20.1 Å². The molecule has 1 atom stereocenters. The lowest BCUT2D eigenvalue weighted by Gasteiger charge is -2.25. The summed E-state index contributed by atoms with van der Waals surface area (Å²) in [6.45, 7) is 8.49. The van der Waals surface area contributed by atoms with Crippen molar-refractivity contribution >= 4 is 33.9 Å². The van der Waals surface area contributed by atoms with Gasteiger partial charge in [0.15, 0.2) is 4.34 Å². The van der Waals surface area contributed by atoms with Crippen molar-refractivity contribution in [2.75, 3.05) is 43.9 Å². The number of hydrogen-bond acceptors (Lipinski definition) is 7. The van der Waals surface area contributed by atoms with Gasteiger partial charge in [-0.25, -0.2) is 0 Å². The van der Waals surface area contributed by atoms with Crippen molar-refractivity contribution in [3.05, 3.63) is 29.3 Å². The van der Waals surface area contributed by atoms with Gasteiger partial charge in [0.2, 0.25) is 5.13 Å². The van der Waals surface area contributed by atoms with Crippen LogP contribution in [-0.2, 0) is 4.74 Å². The molecule has 1 aromatic carbocycles. The summed E-state index contributed by atoms with van der Waals surface area (Å²) in [7, 11) is 0. The maximum absolute atomic E-state index is 10.2. The summed E-state index contributed by atoms with van der Waals surface area (Å²) in [4.78, 5) is 1.41. The number of ether oxygens (including phenoxy) is 1. The molecule has 0 saturated carbocycles. The first-order valence-corrected chi connectivity index (χ1v) is 10.3. The number of nitrogens with zero attached hydrogens (tertiary/aromatic N) is 2. The van der Waals surface area contributed by atoms with E-state index >= 15 is 0 Å². The molecule has 0 amide bonds. The maximum Gasteiger partial charge on any atom is 0.210 e. The summed E-state index contributed by atoms with van der Waals surface area (Å²) in [5.74, 6) is 0.641. The molecule has 0 radical (unpaired) electrons. The molecular formula is C17H25N4O2S2+. The smallest absolute Gasteiger partial charge is 0.210 e. The highest BCUT2D eigenvalue weighted by molar-refractivity contribution is 8.01. The quantitative estimate of drug-likeness (QED) is 0.628. The fraction of sp³-hybridized carbons (Fsp3) is 0.529. The maximum atomic E-state index is 10.2. The van der Waals surface area contributed by atoms with Crippen molar-refractivity contribution in [2.45, 2.75) is 24.3 Å². The van der Waals surface area contributed by atoms with Crippen molar-refractivity contribution in [2.24, 2.45) is 0 Å². The third kappa shape index (κ3) is 5.39. The van der Waals surface area contributed by atoms with E-state index in [1.807, 2.05) is 12.1 Å². The van der Waals surface area contributed by atoms with E-state index in [0.717, 1.165) is 48.0 Å². The number of nitrogens with one attached hydrogen (secondary N) is 2. The Morgan fingerprint density at radius 3 is 2.92 bits per heavy atom. The Labute approximate surface area is 156 Å². The zero-order chi connectivity index (χ0) is 17.6. The number of aliphatic hydroxyl groups is 1. The second-order valence-electron chi connectivity index (χ2n) is 6.28. The van der Waals surface area contributed by atoms with Crippen LogP contribution in [0.5, 0.6) is 0 Å². The summed E-state index contributed by atoms with van der Waals surface area (Å²) in [5.41, 5.74) is 3.53. The molecule has 2 aromatic rings. The van der Waals surface area contributed by atoms with Gasteiger partial charge in [0.1, 0.15) is 25.7 Å². The van der Waals surface area contributed by atoms with Gasteiger partial charge in [-0.15, -0.1) is 10.2 Å². The second-order valence-corrected chi connectivity index (χ2v) is 8.52. The molecule has 0 bridgehead atoms. The van der Waals surface area contributed by atoms with Gasteiger partial charge in [-0.2, -0.15) is 0 Å². The predicted octanol–water partition coefficient (Wildman–Crippen LogP) is 1.27. The van der Waals surface area contributed by atoms with Crippen LogP contribution in [-0.4, -0.2) is 60.0 Å². The third-order valence-corrected chi connectivity index (χ3v) is 6.49. The van der Waals surface area contributed by atoms with Crippen molar-refractivity contribution < 1.29 is 14.7 Å². The standard InChI is InChI=1S/C17H24N4O2S2/c1-12-4-3-5-15(13(12)2)18-16-19-20-17(25-16)24-11-14(22)10-21-6-8-23-9-7-21/h3-5,14,22H,6-11H2,1-2H3,(H,18,19)/p+1/t14-/m1/s1. The van der Waals surface area contributed by atoms with E-state index in [9.17, 15) is 5.11 Å². The Hall–Kier alpha value is -1.19. The number of thioether (sulfide) groups is 1. The molecule has 3 N–H and O–H groups in total. The monoisotopic (exact) mass is 381 g/mol. The lowest BCUT2D eigenvalue weighted by molar-refractivity contribution is -0.910. The van der Waals surface area contributed by atoms with E-state index in [1.165, 1.54) is 27.4 Å². The average molecular weight is 382 g/mol. The Bertz CT molecular complexity index is 689. The molecule has 3 rings (SSSR count). The number of benzene rings is 1. The van der Waals surface area contributed by atoms with Crippen LogP contribution in [0, 0.1) is 13.8 Å². The highest BCUT2D eigenvalue weighted by atomic mass is 32.2. The summed E-state index contributed by atoms with van der Waals surface area (Å²) >= 11 is 3.09. The summed E-state index contributed by atoms with van der Waals surface area (Å²) < 4.78 is 6.23. The van der Waals surface area contributed by atoms with Gasteiger partial charge in [-0.05, 0) is 31.0 Å². The highest BCUT2D eigenvalue weighted by Gasteiger charge is 2.19. The Kier molecular flexibility index (Phi) is 6.66. The molecule has 2 heterocycles. The summed E-state index contributed by atoms with van der Waals surface area (Å²) in [5, 5.41) is 22.8. The van der Waals surface area contributed by atoms with E-state index in [-0.39, 0.29) is 6.10 Å². The molecule has 0 aliphatic carbocycles. The zero-order valence-electron chi connectivity index (χ0n) is 14.6. The largest absolute Gasteiger partial charge is 0.386 e. The van der Waals surface area contributed by atoms with Crippen LogP contribution in [0.3, 0.4) is 0 Å². The number of anilines is 2. The first-order chi connectivity index (χ1) is 12.1. The van der Waals surface area contributed by atoms with Crippen molar-refractivity contribution in [3.8, 4) is 0 Å². The van der Waals surface area contributed by atoms with Crippen LogP contribution in [0.4, 0.5) is 10.8 Å². The van der Waals surface area contributed by atoms with Crippen LogP contribution < -0.4 is 10.2 Å². The number of rotatable bonds is 7. The molecular weight excluding hydrogens is 356 g/mol. The number of quaternary nitrogens is 1.